The molecule has 2 saturated heterocycles. The molecule has 3 fully saturated rings. The van der Waals surface area contributed by atoms with Crippen LogP contribution < -0.4 is 5.32 Å². The van der Waals surface area contributed by atoms with E-state index in [-0.39, 0.29) is 11.9 Å². The maximum atomic E-state index is 12.3. The van der Waals surface area contributed by atoms with Gasteiger partial charge in [0.25, 0.3) is 0 Å². The molecular formula is C15H24N2O4. The zero-order valence-electron chi connectivity index (χ0n) is 12.3. The molecule has 1 aliphatic carbocycles. The molecule has 2 aliphatic heterocycles. The van der Waals surface area contributed by atoms with E-state index in [0.717, 1.165) is 32.3 Å². The van der Waals surface area contributed by atoms with Crippen molar-refractivity contribution in [2.45, 2.75) is 32.1 Å². The van der Waals surface area contributed by atoms with Crippen LogP contribution in [0.5, 0.6) is 0 Å². The van der Waals surface area contributed by atoms with Gasteiger partial charge in [-0.2, -0.15) is 0 Å². The van der Waals surface area contributed by atoms with Crippen molar-refractivity contribution in [3.05, 3.63) is 0 Å². The van der Waals surface area contributed by atoms with Gasteiger partial charge in [0.2, 0.25) is 0 Å². The van der Waals surface area contributed by atoms with E-state index in [2.05, 4.69) is 5.32 Å². The van der Waals surface area contributed by atoms with Crippen molar-refractivity contribution in [2.75, 3.05) is 32.8 Å². The Bertz CT molecular complexity index is 422. The molecule has 0 radical (unpaired) electrons. The van der Waals surface area contributed by atoms with E-state index in [4.69, 9.17) is 4.74 Å². The first-order valence-electron chi connectivity index (χ1n) is 7.96. The minimum absolute atomic E-state index is 0.115. The molecule has 2 N–H and O–H groups in total. The highest BCUT2D eigenvalue weighted by Gasteiger charge is 2.55. The van der Waals surface area contributed by atoms with E-state index in [1.165, 1.54) is 0 Å². The molecule has 2 heterocycles. The van der Waals surface area contributed by atoms with Gasteiger partial charge < -0.3 is 20.1 Å². The van der Waals surface area contributed by atoms with Crippen LogP contribution in [0.3, 0.4) is 0 Å². The summed E-state index contributed by atoms with van der Waals surface area (Å²) < 4.78 is 5.41. The molecule has 6 heteroatoms. The Morgan fingerprint density at radius 3 is 2.86 bits per heavy atom. The van der Waals surface area contributed by atoms with E-state index in [1.54, 1.807) is 4.90 Å². The average molecular weight is 296 g/mol. The molecular weight excluding hydrogens is 272 g/mol. The highest BCUT2D eigenvalue weighted by Crippen LogP contribution is 2.48. The molecule has 3 aliphatic rings. The first kappa shape index (κ1) is 14.6. The van der Waals surface area contributed by atoms with E-state index in [0.29, 0.717) is 38.6 Å². The predicted octanol–water partition coefficient (Wildman–Crippen LogP) is 1.31. The summed E-state index contributed by atoms with van der Waals surface area (Å²) in [5.74, 6) is -0.224. The first-order valence-corrected chi connectivity index (χ1v) is 7.96. The van der Waals surface area contributed by atoms with Gasteiger partial charge in [-0.05, 0) is 37.5 Å². The van der Waals surface area contributed by atoms with Crippen LogP contribution in [0.15, 0.2) is 0 Å². The molecule has 0 bridgehead atoms. The Morgan fingerprint density at radius 2 is 2.19 bits per heavy atom. The van der Waals surface area contributed by atoms with Gasteiger partial charge >= 0.3 is 12.0 Å². The summed E-state index contributed by atoms with van der Waals surface area (Å²) in [6, 6.07) is -0.115. The molecule has 6 nitrogen and oxygen atoms in total. The third-order valence-electron chi connectivity index (χ3n) is 5.38. The van der Waals surface area contributed by atoms with Gasteiger partial charge in [-0.25, -0.2) is 4.79 Å². The molecule has 21 heavy (non-hydrogen) atoms. The monoisotopic (exact) mass is 296 g/mol. The zero-order chi connectivity index (χ0) is 14.9. The summed E-state index contributed by atoms with van der Waals surface area (Å²) in [5, 5.41) is 12.5. The van der Waals surface area contributed by atoms with E-state index >= 15 is 0 Å². The van der Waals surface area contributed by atoms with Gasteiger partial charge in [0.15, 0.2) is 0 Å². The molecule has 0 spiro atoms. The lowest BCUT2D eigenvalue weighted by atomic mass is 9.81. The molecule has 3 atom stereocenters. The molecule has 2 amide bonds. The minimum atomic E-state index is -0.735. The molecule has 118 valence electrons. The van der Waals surface area contributed by atoms with Crippen LogP contribution >= 0.6 is 0 Å². The van der Waals surface area contributed by atoms with Crippen molar-refractivity contribution in [3.63, 3.8) is 0 Å². The lowest BCUT2D eigenvalue weighted by molar-refractivity contribution is -0.149. The summed E-state index contributed by atoms with van der Waals surface area (Å²) in [7, 11) is 0. The number of carboxylic acids is 1. The number of rotatable bonds is 3. The number of urea groups is 1. The fourth-order valence-corrected chi connectivity index (χ4v) is 4.11. The number of nitrogens with zero attached hydrogens (tertiary/aromatic N) is 1. The van der Waals surface area contributed by atoms with Crippen LogP contribution in [0.4, 0.5) is 4.79 Å². The molecule has 0 aromatic rings. The third kappa shape index (κ3) is 2.73. The second kappa shape index (κ2) is 5.83. The largest absolute Gasteiger partial charge is 0.481 e. The Labute approximate surface area is 124 Å². The van der Waals surface area contributed by atoms with Crippen LogP contribution in [0.25, 0.3) is 0 Å². The number of hydrogen-bond acceptors (Lipinski definition) is 3. The summed E-state index contributed by atoms with van der Waals surface area (Å²) in [6.07, 6.45) is 4.72. The van der Waals surface area contributed by atoms with Gasteiger partial charge in [-0.15, -0.1) is 0 Å². The number of ether oxygens (including phenoxy) is 1. The van der Waals surface area contributed by atoms with Crippen molar-refractivity contribution in [1.82, 2.24) is 10.2 Å². The predicted molar refractivity (Wildman–Crippen MR) is 75.9 cm³/mol. The second-order valence-corrected chi connectivity index (χ2v) is 6.70. The van der Waals surface area contributed by atoms with Gasteiger partial charge in [0.1, 0.15) is 0 Å². The summed E-state index contributed by atoms with van der Waals surface area (Å²) in [6.45, 7) is 3.10. The molecule has 3 rings (SSSR count). The first-order chi connectivity index (χ1) is 10.1. The number of carboxylic acid groups (broad SMARTS) is 1. The number of carbonyl (C=O) groups is 2. The lowest BCUT2D eigenvalue weighted by Crippen LogP contribution is -2.43. The minimum Gasteiger partial charge on any atom is -0.481 e. The SMILES string of the molecule is O=C(NCC1CCCOC1)N1C[C@@H]2CCC[C@@]2(C(=O)O)C1. The van der Waals surface area contributed by atoms with E-state index in [9.17, 15) is 14.7 Å². The standard InChI is InChI=1S/C15H24N2O4/c18-13(19)15-5-1-4-12(15)8-17(10-15)14(20)16-7-11-3-2-6-21-9-11/h11-12H,1-10H2,(H,16,20)(H,18,19)/t11?,12-,15+/m0/s1. The zero-order valence-corrected chi connectivity index (χ0v) is 12.3. The average Bonchev–Trinajstić information content (AvgIpc) is 3.03. The van der Waals surface area contributed by atoms with Crippen molar-refractivity contribution in [2.24, 2.45) is 17.3 Å². The summed E-state index contributed by atoms with van der Waals surface area (Å²) in [5.41, 5.74) is -0.689. The number of likely N-dealkylation sites (tertiary alicyclic amines) is 1. The van der Waals surface area contributed by atoms with Crippen molar-refractivity contribution < 1.29 is 19.4 Å². The highest BCUT2D eigenvalue weighted by molar-refractivity contribution is 5.80. The number of carbonyl (C=O) groups excluding carboxylic acids is 1. The van der Waals surface area contributed by atoms with Crippen LogP contribution in [0.1, 0.15) is 32.1 Å². The fraction of sp³-hybridized carbons (Fsp3) is 0.867. The Hall–Kier alpha value is -1.30. The third-order valence-corrected chi connectivity index (χ3v) is 5.38. The lowest BCUT2D eigenvalue weighted by Gasteiger charge is -2.25. The quantitative estimate of drug-likeness (QED) is 0.823. The fourth-order valence-electron chi connectivity index (χ4n) is 4.11. The van der Waals surface area contributed by atoms with Gasteiger partial charge in [-0.1, -0.05) is 6.42 Å². The van der Waals surface area contributed by atoms with Crippen molar-refractivity contribution in [3.8, 4) is 0 Å². The summed E-state index contributed by atoms with van der Waals surface area (Å²) >= 11 is 0. The smallest absolute Gasteiger partial charge is 0.317 e. The van der Waals surface area contributed by atoms with Gasteiger partial charge in [-0.3, -0.25) is 4.79 Å². The number of fused-ring (bicyclic) bond motifs is 1. The Kier molecular flexibility index (Phi) is 4.06. The molecule has 0 aromatic carbocycles. The van der Waals surface area contributed by atoms with Crippen LogP contribution in [-0.4, -0.2) is 54.9 Å². The van der Waals surface area contributed by atoms with Gasteiger partial charge in [0, 0.05) is 26.2 Å². The molecule has 1 saturated carbocycles. The van der Waals surface area contributed by atoms with Crippen molar-refractivity contribution >= 4 is 12.0 Å². The number of nitrogens with one attached hydrogen (secondary N) is 1. The maximum Gasteiger partial charge on any atom is 0.317 e. The maximum absolute atomic E-state index is 12.3. The van der Waals surface area contributed by atoms with Crippen LogP contribution in [0, 0.1) is 17.3 Å². The van der Waals surface area contributed by atoms with Crippen LogP contribution in [0.2, 0.25) is 0 Å². The van der Waals surface area contributed by atoms with E-state index in [1.807, 2.05) is 0 Å². The van der Waals surface area contributed by atoms with Gasteiger partial charge in [0.05, 0.1) is 12.0 Å². The summed E-state index contributed by atoms with van der Waals surface area (Å²) in [4.78, 5) is 25.6. The second-order valence-electron chi connectivity index (χ2n) is 6.70. The van der Waals surface area contributed by atoms with E-state index < -0.39 is 11.4 Å². The van der Waals surface area contributed by atoms with Crippen LogP contribution in [-0.2, 0) is 9.53 Å². The number of aliphatic carboxylic acids is 1. The highest BCUT2D eigenvalue weighted by atomic mass is 16.5. The topological polar surface area (TPSA) is 78.9 Å². The normalized spacial score (nSPS) is 35.5. The Balaban J connectivity index is 1.53. The Morgan fingerprint density at radius 1 is 1.33 bits per heavy atom. The number of hydrogen-bond donors (Lipinski definition) is 2. The molecule has 1 unspecified atom stereocenters. The van der Waals surface area contributed by atoms with Crippen molar-refractivity contribution in [1.29, 1.82) is 0 Å². The molecule has 0 aromatic heterocycles. The number of amides is 2.